The molecule has 0 aliphatic heterocycles. The van der Waals surface area contributed by atoms with Crippen molar-refractivity contribution in [2.24, 2.45) is 0 Å². The first-order chi connectivity index (χ1) is 12.7. The second kappa shape index (κ2) is 9.27. The Balaban J connectivity index is 1.39. The molecule has 0 bridgehead atoms. The van der Waals surface area contributed by atoms with Gasteiger partial charge in [0.05, 0.1) is 6.10 Å². The average Bonchev–Trinajstić information content (AvgIpc) is 3.13. The summed E-state index contributed by atoms with van der Waals surface area (Å²) in [5.74, 6) is 1.22. The maximum Gasteiger partial charge on any atom is 0.220 e. The minimum absolute atomic E-state index is 0.0484. The number of carbonyl (C=O) groups excluding carboxylic acids is 1. The lowest BCUT2D eigenvalue weighted by atomic mass is 10.1. The van der Waals surface area contributed by atoms with E-state index in [1.54, 1.807) is 12.1 Å². The maximum atomic E-state index is 12.0. The van der Waals surface area contributed by atoms with Crippen molar-refractivity contribution in [1.82, 2.24) is 5.32 Å². The number of aryl methyl sites for hydroxylation is 1. The van der Waals surface area contributed by atoms with E-state index in [1.807, 2.05) is 30.3 Å². The fraction of sp³-hybridized carbons (Fsp3) is 0.409. The summed E-state index contributed by atoms with van der Waals surface area (Å²) in [7, 11) is 0. The lowest BCUT2D eigenvalue weighted by molar-refractivity contribution is -0.121. The Bertz CT molecular complexity index is 723. The van der Waals surface area contributed by atoms with Crippen LogP contribution in [0, 0.1) is 0 Å². The monoisotopic (exact) mass is 353 g/mol. The second-order valence-corrected chi connectivity index (χ2v) is 6.94. The van der Waals surface area contributed by atoms with Crippen molar-refractivity contribution in [3.63, 3.8) is 0 Å². The molecule has 138 valence electrons. The fourth-order valence-electron chi connectivity index (χ4n) is 3.38. The molecule has 3 rings (SSSR count). The van der Waals surface area contributed by atoms with Crippen LogP contribution in [0.1, 0.15) is 43.2 Å². The van der Waals surface area contributed by atoms with Crippen LogP contribution in [0.25, 0.3) is 0 Å². The molecule has 1 amide bonds. The first-order valence-corrected chi connectivity index (χ1v) is 9.49. The molecule has 26 heavy (non-hydrogen) atoms. The van der Waals surface area contributed by atoms with E-state index in [0.29, 0.717) is 31.9 Å². The van der Waals surface area contributed by atoms with E-state index in [0.717, 1.165) is 29.7 Å². The highest BCUT2D eigenvalue weighted by Crippen LogP contribution is 2.24. The van der Waals surface area contributed by atoms with E-state index >= 15 is 0 Å². The number of phenolic OH excluding ortho intramolecular Hbond substituents is 1. The first kappa shape index (κ1) is 18.3. The number of hydrogen-bond donors (Lipinski definition) is 2. The second-order valence-electron chi connectivity index (χ2n) is 6.94. The van der Waals surface area contributed by atoms with Crippen molar-refractivity contribution in [3.05, 3.63) is 59.7 Å². The quantitative estimate of drug-likeness (QED) is 0.754. The van der Waals surface area contributed by atoms with Crippen LogP contribution < -0.4 is 10.1 Å². The Morgan fingerprint density at radius 3 is 2.54 bits per heavy atom. The van der Waals surface area contributed by atoms with Gasteiger partial charge in [0, 0.05) is 13.0 Å². The molecule has 0 aromatic heterocycles. The summed E-state index contributed by atoms with van der Waals surface area (Å²) in [6.07, 6.45) is 7.04. The highest BCUT2D eigenvalue weighted by molar-refractivity contribution is 5.76. The van der Waals surface area contributed by atoms with Gasteiger partial charge in [-0.1, -0.05) is 24.3 Å². The van der Waals surface area contributed by atoms with Crippen LogP contribution in [0.4, 0.5) is 0 Å². The number of amides is 1. The molecule has 2 aromatic rings. The summed E-state index contributed by atoms with van der Waals surface area (Å²) in [6, 6.07) is 15.2. The van der Waals surface area contributed by atoms with Crippen LogP contribution in [0.2, 0.25) is 0 Å². The third-order valence-electron chi connectivity index (χ3n) is 4.79. The number of ether oxygens (including phenoxy) is 1. The summed E-state index contributed by atoms with van der Waals surface area (Å²) < 4.78 is 6.03. The van der Waals surface area contributed by atoms with Gasteiger partial charge in [0.15, 0.2) is 0 Å². The molecule has 2 N–H and O–H groups in total. The molecule has 1 saturated carbocycles. The molecule has 1 aliphatic carbocycles. The predicted molar refractivity (Wildman–Crippen MR) is 102 cm³/mol. The number of aromatic hydroxyl groups is 1. The number of rotatable bonds is 8. The molecular formula is C22H27NO3. The Morgan fingerprint density at radius 2 is 1.77 bits per heavy atom. The van der Waals surface area contributed by atoms with Crippen LogP contribution in [0.15, 0.2) is 48.5 Å². The number of nitrogens with one attached hydrogen (secondary N) is 1. The molecule has 2 aromatic carbocycles. The molecule has 4 nitrogen and oxygen atoms in total. The Kier molecular flexibility index (Phi) is 6.53. The Hall–Kier alpha value is -2.49. The summed E-state index contributed by atoms with van der Waals surface area (Å²) in [4.78, 5) is 12.0. The third kappa shape index (κ3) is 5.80. The third-order valence-corrected chi connectivity index (χ3v) is 4.79. The van der Waals surface area contributed by atoms with Crippen LogP contribution in [-0.2, 0) is 17.6 Å². The fourth-order valence-corrected chi connectivity index (χ4v) is 3.38. The van der Waals surface area contributed by atoms with Gasteiger partial charge in [0.2, 0.25) is 5.91 Å². The van der Waals surface area contributed by atoms with Crippen molar-refractivity contribution in [1.29, 1.82) is 0 Å². The topological polar surface area (TPSA) is 58.6 Å². The Labute approximate surface area is 155 Å². The normalized spacial score (nSPS) is 14.3. The first-order valence-electron chi connectivity index (χ1n) is 9.49. The molecule has 0 spiro atoms. The van der Waals surface area contributed by atoms with Crippen LogP contribution in [-0.4, -0.2) is 23.7 Å². The van der Waals surface area contributed by atoms with Gasteiger partial charge in [-0.3, -0.25) is 4.79 Å². The van der Waals surface area contributed by atoms with Gasteiger partial charge in [0.1, 0.15) is 11.5 Å². The molecule has 4 heteroatoms. The number of phenols is 1. The zero-order valence-electron chi connectivity index (χ0n) is 15.1. The van der Waals surface area contributed by atoms with Crippen molar-refractivity contribution in [2.75, 3.05) is 6.54 Å². The van der Waals surface area contributed by atoms with E-state index in [4.69, 9.17) is 4.74 Å². The van der Waals surface area contributed by atoms with E-state index in [9.17, 15) is 9.90 Å². The molecule has 0 radical (unpaired) electrons. The van der Waals surface area contributed by atoms with Crippen LogP contribution in [0.5, 0.6) is 11.5 Å². The van der Waals surface area contributed by atoms with Gasteiger partial charge in [-0.05, 0) is 73.9 Å². The number of benzene rings is 2. The van der Waals surface area contributed by atoms with Gasteiger partial charge < -0.3 is 15.2 Å². The van der Waals surface area contributed by atoms with Crippen molar-refractivity contribution >= 4 is 5.91 Å². The van der Waals surface area contributed by atoms with Crippen molar-refractivity contribution in [2.45, 2.75) is 51.0 Å². The summed E-state index contributed by atoms with van der Waals surface area (Å²) in [5, 5.41) is 12.4. The molecule has 0 unspecified atom stereocenters. The van der Waals surface area contributed by atoms with Gasteiger partial charge in [-0.25, -0.2) is 0 Å². The summed E-state index contributed by atoms with van der Waals surface area (Å²) >= 11 is 0. The van der Waals surface area contributed by atoms with E-state index < -0.39 is 0 Å². The molecule has 1 fully saturated rings. The van der Waals surface area contributed by atoms with Crippen LogP contribution in [0.3, 0.4) is 0 Å². The maximum absolute atomic E-state index is 12.0. The standard InChI is InChI=1S/C22H27NO3/c24-19-7-3-5-18(15-19)13-14-23-22(25)12-11-17-6-4-10-21(16-17)26-20-8-1-2-9-20/h3-7,10,15-16,20,24H,1-2,8-9,11-14H2,(H,23,25). The van der Waals surface area contributed by atoms with E-state index in [1.165, 1.54) is 12.8 Å². The van der Waals surface area contributed by atoms with Gasteiger partial charge in [0.25, 0.3) is 0 Å². The smallest absolute Gasteiger partial charge is 0.220 e. The van der Waals surface area contributed by atoms with Crippen molar-refractivity contribution < 1.29 is 14.6 Å². The molecule has 0 atom stereocenters. The SMILES string of the molecule is O=C(CCc1cccc(OC2CCCC2)c1)NCCc1cccc(O)c1. The van der Waals surface area contributed by atoms with Gasteiger partial charge in [-0.15, -0.1) is 0 Å². The van der Waals surface area contributed by atoms with Crippen molar-refractivity contribution in [3.8, 4) is 11.5 Å². The lowest BCUT2D eigenvalue weighted by Gasteiger charge is -2.13. The predicted octanol–water partition coefficient (Wildman–Crippen LogP) is 4.01. The Morgan fingerprint density at radius 1 is 1.04 bits per heavy atom. The highest BCUT2D eigenvalue weighted by Gasteiger charge is 2.16. The molecule has 1 aliphatic rings. The minimum atomic E-state index is 0.0484. The zero-order chi connectivity index (χ0) is 18.2. The average molecular weight is 353 g/mol. The number of carbonyl (C=O) groups is 1. The van der Waals surface area contributed by atoms with E-state index in [2.05, 4.69) is 11.4 Å². The zero-order valence-corrected chi connectivity index (χ0v) is 15.1. The van der Waals surface area contributed by atoms with Crippen LogP contribution >= 0.6 is 0 Å². The molecular weight excluding hydrogens is 326 g/mol. The molecule has 0 saturated heterocycles. The largest absolute Gasteiger partial charge is 0.508 e. The molecule has 0 heterocycles. The van der Waals surface area contributed by atoms with E-state index in [-0.39, 0.29) is 11.7 Å². The number of hydrogen-bond acceptors (Lipinski definition) is 3. The highest BCUT2D eigenvalue weighted by atomic mass is 16.5. The minimum Gasteiger partial charge on any atom is -0.508 e. The lowest BCUT2D eigenvalue weighted by Crippen LogP contribution is -2.25. The summed E-state index contributed by atoms with van der Waals surface area (Å²) in [5.41, 5.74) is 2.14. The van der Waals surface area contributed by atoms with Gasteiger partial charge in [-0.2, -0.15) is 0 Å². The van der Waals surface area contributed by atoms with Gasteiger partial charge >= 0.3 is 0 Å². The summed E-state index contributed by atoms with van der Waals surface area (Å²) in [6.45, 7) is 0.577.